The Morgan fingerprint density at radius 1 is 0.879 bits per heavy atom. The molecule has 306 valence electrons. The number of hydrogen-bond acceptors (Lipinski definition) is 10. The molecule has 1 spiro atoms. The van der Waals surface area contributed by atoms with Gasteiger partial charge in [0, 0.05) is 94.9 Å². The number of piperidine rings is 2. The number of piperazine rings is 1. The van der Waals surface area contributed by atoms with Crippen molar-refractivity contribution in [3.8, 4) is 11.5 Å². The molecule has 6 heterocycles. The quantitative estimate of drug-likeness (QED) is 0.250. The normalized spacial score (nSPS) is 24.0. The van der Waals surface area contributed by atoms with Crippen molar-refractivity contribution in [2.24, 2.45) is 11.3 Å². The van der Waals surface area contributed by atoms with E-state index in [1.165, 1.54) is 30.2 Å². The first-order chi connectivity index (χ1) is 28.1. The molecule has 0 saturated carbocycles. The molecule has 5 fully saturated rings. The summed E-state index contributed by atoms with van der Waals surface area (Å²) in [5.74, 6) is -2.13. The van der Waals surface area contributed by atoms with Gasteiger partial charge in [0.1, 0.15) is 17.6 Å². The minimum atomic E-state index is -0.884. The number of methoxy groups -OCH3 is 1. The Bertz CT molecular complexity index is 2150. The summed E-state index contributed by atoms with van der Waals surface area (Å²) >= 11 is 0. The molecular weight excluding hydrogens is 751 g/mol. The van der Waals surface area contributed by atoms with Gasteiger partial charge in [0.05, 0.1) is 29.9 Å². The molecule has 58 heavy (non-hydrogen) atoms. The Morgan fingerprint density at radius 2 is 1.64 bits per heavy atom. The van der Waals surface area contributed by atoms with E-state index in [1.807, 2.05) is 12.1 Å². The van der Waals surface area contributed by atoms with Gasteiger partial charge < -0.3 is 29.3 Å². The highest BCUT2D eigenvalue weighted by atomic mass is 19.1. The van der Waals surface area contributed by atoms with Crippen LogP contribution in [0.15, 0.2) is 48.5 Å². The maximum atomic E-state index is 16.3. The van der Waals surface area contributed by atoms with Crippen LogP contribution in [0.5, 0.6) is 11.5 Å². The van der Waals surface area contributed by atoms with Crippen LogP contribution in [0.2, 0.25) is 0 Å². The molecule has 4 amide bonds. The zero-order chi connectivity index (χ0) is 40.3. The Kier molecular flexibility index (Phi) is 9.99. The largest absolute Gasteiger partial charge is 0.503 e. The van der Waals surface area contributed by atoms with E-state index in [1.54, 1.807) is 11.0 Å². The highest BCUT2D eigenvalue weighted by molar-refractivity contribution is 6.08. The fourth-order valence-corrected chi connectivity index (χ4v) is 10.1. The number of aromatic hydroxyl groups is 1. The standard InChI is InChI=1S/C43H48F2N6O7/c1-57-36-23-35(32(45)22-30(36)39-43(11-19-58-20-12-43)42(56)51(39)33-4-2-3-31(44)38(33)53)49-13-9-26(10-14-49)24-47-15-17-48(18-16-47)28-5-6-29-27(21-28)25-50(41(29)55)34-7-8-37(52)46-40(34)54/h2-6,21-23,26,34,39,53H,7-20,24-25H2,1H3,(H,46,52,54)/t34-,39-/m0/s1. The number of carbonyl (C=O) groups excluding carboxylic acids is 4. The molecule has 3 aromatic carbocycles. The van der Waals surface area contributed by atoms with Crippen molar-refractivity contribution in [2.75, 3.05) is 80.8 Å². The van der Waals surface area contributed by atoms with Gasteiger partial charge in [-0.05, 0) is 80.0 Å². The summed E-state index contributed by atoms with van der Waals surface area (Å²) in [5, 5.41) is 13.0. The lowest BCUT2D eigenvalue weighted by Gasteiger charge is -2.57. The number of fused-ring (bicyclic) bond motifs is 1. The average Bonchev–Trinajstić information content (AvgIpc) is 3.56. The summed E-state index contributed by atoms with van der Waals surface area (Å²) in [7, 11) is 1.52. The number of amides is 4. The van der Waals surface area contributed by atoms with Gasteiger partial charge in [0.25, 0.3) is 5.91 Å². The van der Waals surface area contributed by atoms with Gasteiger partial charge in [-0.2, -0.15) is 0 Å². The number of halogens is 2. The van der Waals surface area contributed by atoms with Crippen molar-refractivity contribution < 1.29 is 42.5 Å². The Hall–Kier alpha value is -5.28. The second kappa shape index (κ2) is 15.1. The molecule has 0 bridgehead atoms. The SMILES string of the molecule is COc1cc(N2CCC(CN3CCN(c4ccc5c(c4)CN([C@H]4CCC(=O)NC4=O)C5=O)CC3)CC2)c(F)cc1[C@@H]1N(c2cccc(F)c2O)C(=O)C12CCOCC2. The van der Waals surface area contributed by atoms with Crippen LogP contribution in [-0.4, -0.2) is 111 Å². The molecule has 15 heteroatoms. The minimum Gasteiger partial charge on any atom is -0.503 e. The van der Waals surface area contributed by atoms with Gasteiger partial charge in [0.2, 0.25) is 17.7 Å². The first kappa shape index (κ1) is 38.2. The number of phenolic OH excluding ortho intramolecular Hbond substituents is 1. The third-order valence-electron chi connectivity index (χ3n) is 13.3. The van der Waals surface area contributed by atoms with Gasteiger partial charge in [-0.1, -0.05) is 6.07 Å². The monoisotopic (exact) mass is 798 g/mol. The average molecular weight is 799 g/mol. The van der Waals surface area contributed by atoms with Gasteiger partial charge in [0.15, 0.2) is 11.6 Å². The van der Waals surface area contributed by atoms with E-state index in [0.717, 1.165) is 62.9 Å². The number of nitrogens with zero attached hydrogens (tertiary/aromatic N) is 5. The molecule has 2 atom stereocenters. The number of nitrogens with one attached hydrogen (secondary N) is 1. The number of imide groups is 1. The summed E-state index contributed by atoms with van der Waals surface area (Å²) in [6.45, 7) is 6.88. The predicted octanol–water partition coefficient (Wildman–Crippen LogP) is 4.36. The Labute approximate surface area is 335 Å². The van der Waals surface area contributed by atoms with Crippen LogP contribution in [0, 0.1) is 23.0 Å². The van der Waals surface area contributed by atoms with Crippen LogP contribution in [0.3, 0.4) is 0 Å². The molecule has 6 aliphatic rings. The number of rotatable bonds is 8. The first-order valence-corrected chi connectivity index (χ1v) is 20.3. The lowest BCUT2D eigenvalue weighted by molar-refractivity contribution is -0.149. The maximum Gasteiger partial charge on any atom is 0.255 e. The number of phenols is 1. The van der Waals surface area contributed by atoms with E-state index in [2.05, 4.69) is 26.1 Å². The smallest absolute Gasteiger partial charge is 0.255 e. The maximum absolute atomic E-state index is 16.3. The van der Waals surface area contributed by atoms with Crippen molar-refractivity contribution in [3.63, 3.8) is 0 Å². The summed E-state index contributed by atoms with van der Waals surface area (Å²) < 4.78 is 42.2. The predicted molar refractivity (Wildman–Crippen MR) is 210 cm³/mol. The number of ether oxygens (including phenoxy) is 2. The molecular formula is C43H48F2N6O7. The molecule has 13 nitrogen and oxygen atoms in total. The van der Waals surface area contributed by atoms with Crippen LogP contribution >= 0.6 is 0 Å². The molecule has 9 rings (SSSR count). The number of β-lactam (4-membered cyclic amide) rings is 1. The Balaban J connectivity index is 0.820. The summed E-state index contributed by atoms with van der Waals surface area (Å²) in [6, 6.07) is 11.8. The first-order valence-electron chi connectivity index (χ1n) is 20.3. The third-order valence-corrected chi connectivity index (χ3v) is 13.3. The van der Waals surface area contributed by atoms with Crippen molar-refractivity contribution in [1.29, 1.82) is 0 Å². The Morgan fingerprint density at radius 3 is 2.36 bits per heavy atom. The van der Waals surface area contributed by atoms with E-state index < -0.39 is 40.8 Å². The van der Waals surface area contributed by atoms with Crippen LogP contribution in [0.1, 0.15) is 66.1 Å². The van der Waals surface area contributed by atoms with Crippen LogP contribution in [-0.2, 0) is 25.7 Å². The minimum absolute atomic E-state index is 0.0446. The second-order valence-corrected chi connectivity index (χ2v) is 16.5. The lowest BCUT2D eigenvalue weighted by atomic mass is 9.62. The van der Waals surface area contributed by atoms with E-state index in [0.29, 0.717) is 80.6 Å². The molecule has 3 aromatic rings. The topological polar surface area (TPSA) is 135 Å². The molecule has 5 saturated heterocycles. The number of para-hydroxylation sites is 1. The van der Waals surface area contributed by atoms with Gasteiger partial charge >= 0.3 is 0 Å². The molecule has 0 radical (unpaired) electrons. The van der Waals surface area contributed by atoms with Crippen LogP contribution in [0.25, 0.3) is 0 Å². The van der Waals surface area contributed by atoms with Crippen molar-refractivity contribution in [1.82, 2.24) is 15.1 Å². The molecule has 0 aromatic heterocycles. The van der Waals surface area contributed by atoms with E-state index in [-0.39, 0.29) is 29.8 Å². The number of benzene rings is 3. The molecule has 0 unspecified atom stereocenters. The third kappa shape index (κ3) is 6.52. The van der Waals surface area contributed by atoms with Crippen molar-refractivity contribution >= 4 is 40.7 Å². The number of anilines is 3. The zero-order valence-electron chi connectivity index (χ0n) is 32.6. The lowest BCUT2D eigenvalue weighted by Crippen LogP contribution is -2.65. The second-order valence-electron chi connectivity index (χ2n) is 16.5. The van der Waals surface area contributed by atoms with Gasteiger partial charge in [-0.25, -0.2) is 8.78 Å². The highest BCUT2D eigenvalue weighted by Crippen LogP contribution is 2.60. The number of hydrogen-bond donors (Lipinski definition) is 2. The zero-order valence-corrected chi connectivity index (χ0v) is 32.6. The van der Waals surface area contributed by atoms with Crippen molar-refractivity contribution in [3.05, 3.63) is 76.9 Å². The summed E-state index contributed by atoms with van der Waals surface area (Å²) in [6.07, 6.45) is 3.20. The van der Waals surface area contributed by atoms with Gasteiger partial charge in [-0.15, -0.1) is 0 Å². The molecule has 2 N–H and O–H groups in total. The molecule has 0 aliphatic carbocycles. The van der Waals surface area contributed by atoms with E-state index in [9.17, 15) is 28.7 Å². The summed E-state index contributed by atoms with van der Waals surface area (Å²) in [5.41, 5.74) is 2.65. The fraction of sp³-hybridized carbons (Fsp3) is 0.488. The summed E-state index contributed by atoms with van der Waals surface area (Å²) in [4.78, 5) is 60.9. The van der Waals surface area contributed by atoms with Gasteiger partial charge in [-0.3, -0.25) is 34.3 Å². The molecule has 6 aliphatic heterocycles. The van der Waals surface area contributed by atoms with Crippen LogP contribution < -0.4 is 24.8 Å². The van der Waals surface area contributed by atoms with E-state index >= 15 is 4.39 Å². The van der Waals surface area contributed by atoms with Crippen molar-refractivity contribution in [2.45, 2.75) is 57.2 Å². The number of carbonyl (C=O) groups is 4. The van der Waals surface area contributed by atoms with Crippen LogP contribution in [0.4, 0.5) is 25.8 Å². The van der Waals surface area contributed by atoms with E-state index in [4.69, 9.17) is 9.47 Å². The fourth-order valence-electron chi connectivity index (χ4n) is 10.1. The highest BCUT2D eigenvalue weighted by Gasteiger charge is 2.63.